The van der Waals surface area contributed by atoms with Crippen molar-refractivity contribution in [2.75, 3.05) is 13.6 Å². The molecule has 0 fully saturated rings. The van der Waals surface area contributed by atoms with Gasteiger partial charge in [-0.25, -0.2) is 0 Å². The van der Waals surface area contributed by atoms with E-state index in [1.165, 1.54) is 5.56 Å². The van der Waals surface area contributed by atoms with Gasteiger partial charge >= 0.3 is 0 Å². The van der Waals surface area contributed by atoms with Gasteiger partial charge in [0.15, 0.2) is 0 Å². The molecule has 0 aliphatic rings. The maximum atomic E-state index is 12.3. The van der Waals surface area contributed by atoms with Crippen LogP contribution in [0.2, 0.25) is 0 Å². The summed E-state index contributed by atoms with van der Waals surface area (Å²) < 4.78 is 0. The van der Waals surface area contributed by atoms with Gasteiger partial charge in [-0.15, -0.1) is 0 Å². The third-order valence-electron chi connectivity index (χ3n) is 3.58. The van der Waals surface area contributed by atoms with Gasteiger partial charge in [-0.2, -0.15) is 0 Å². The number of nitrogens with one attached hydrogen (secondary N) is 1. The molecular formula is C17H26N2O2. The topological polar surface area (TPSA) is 49.4 Å². The number of benzene rings is 1. The zero-order chi connectivity index (χ0) is 15.7. The number of carbonyl (C=O) groups excluding carboxylic acids is 2. The van der Waals surface area contributed by atoms with Gasteiger partial charge in [-0.1, -0.05) is 44.2 Å². The van der Waals surface area contributed by atoms with Crippen molar-refractivity contribution in [2.45, 2.75) is 45.6 Å². The number of hydrogen-bond acceptors (Lipinski definition) is 2. The molecule has 0 radical (unpaired) electrons. The lowest BCUT2D eigenvalue weighted by Gasteiger charge is -2.30. The van der Waals surface area contributed by atoms with Gasteiger partial charge in [0, 0.05) is 20.0 Å². The highest BCUT2D eigenvalue weighted by Crippen LogP contribution is 2.11. The largest absolute Gasteiger partial charge is 0.357 e. The zero-order valence-corrected chi connectivity index (χ0v) is 13.3. The molecule has 1 unspecified atom stereocenters. The lowest BCUT2D eigenvalue weighted by atomic mass is 10.1. The summed E-state index contributed by atoms with van der Waals surface area (Å²) in [5.74, 6) is -0.0288. The van der Waals surface area contributed by atoms with Crippen LogP contribution in [0.5, 0.6) is 0 Å². The van der Waals surface area contributed by atoms with E-state index in [1.54, 1.807) is 11.9 Å². The molecule has 0 aliphatic heterocycles. The first-order valence-corrected chi connectivity index (χ1v) is 7.69. The minimum Gasteiger partial charge on any atom is -0.357 e. The van der Waals surface area contributed by atoms with Crippen LogP contribution >= 0.6 is 0 Å². The number of carbonyl (C=O) groups is 2. The number of amides is 2. The van der Waals surface area contributed by atoms with Crippen molar-refractivity contribution in [2.24, 2.45) is 0 Å². The molecule has 0 aromatic heterocycles. The van der Waals surface area contributed by atoms with Gasteiger partial charge in [0.1, 0.15) is 6.04 Å². The molecule has 1 N–H and O–H groups in total. The molecule has 0 saturated carbocycles. The van der Waals surface area contributed by atoms with E-state index >= 15 is 0 Å². The van der Waals surface area contributed by atoms with Crippen LogP contribution < -0.4 is 5.32 Å². The van der Waals surface area contributed by atoms with Crippen molar-refractivity contribution in [3.05, 3.63) is 35.9 Å². The average molecular weight is 290 g/mol. The summed E-state index contributed by atoms with van der Waals surface area (Å²) in [6.45, 7) is 4.50. The molecule has 21 heavy (non-hydrogen) atoms. The Labute approximate surface area is 127 Å². The maximum absolute atomic E-state index is 12.3. The Morgan fingerprint density at radius 3 is 2.38 bits per heavy atom. The number of rotatable bonds is 8. The molecule has 4 heteroatoms. The van der Waals surface area contributed by atoms with Crippen LogP contribution in [0, 0.1) is 0 Å². The minimum atomic E-state index is -0.377. The molecule has 2 amide bonds. The minimum absolute atomic E-state index is 0.0591. The van der Waals surface area contributed by atoms with Gasteiger partial charge < -0.3 is 10.2 Å². The Balaban J connectivity index is 2.80. The normalized spacial score (nSPS) is 11.8. The number of nitrogens with zero attached hydrogens (tertiary/aromatic N) is 1. The SMILES string of the molecule is CCCC(=O)N(CCc1ccccc1)C(CC)C(=O)NC. The molecule has 0 saturated heterocycles. The Hall–Kier alpha value is -1.84. The van der Waals surface area contributed by atoms with Crippen LogP contribution in [0.1, 0.15) is 38.7 Å². The summed E-state index contributed by atoms with van der Waals surface area (Å²) >= 11 is 0. The molecule has 4 nitrogen and oxygen atoms in total. The van der Waals surface area contributed by atoms with E-state index in [0.29, 0.717) is 19.4 Å². The number of likely N-dealkylation sites (N-methyl/N-ethyl adjacent to an activating group) is 1. The standard InChI is InChI=1S/C17H26N2O2/c1-4-9-16(20)19(15(5-2)17(21)18-3)13-12-14-10-7-6-8-11-14/h6-8,10-11,15H,4-5,9,12-13H2,1-3H3,(H,18,21). The Morgan fingerprint density at radius 2 is 1.86 bits per heavy atom. The molecule has 1 aromatic carbocycles. The summed E-state index contributed by atoms with van der Waals surface area (Å²) in [5, 5.41) is 2.66. The van der Waals surface area contributed by atoms with Crippen molar-refractivity contribution in [1.82, 2.24) is 10.2 Å². The first kappa shape index (κ1) is 17.2. The fourth-order valence-corrected chi connectivity index (χ4v) is 2.42. The summed E-state index contributed by atoms with van der Waals surface area (Å²) in [7, 11) is 1.62. The fraction of sp³-hybridized carbons (Fsp3) is 0.529. The van der Waals surface area contributed by atoms with Crippen molar-refractivity contribution < 1.29 is 9.59 Å². The zero-order valence-electron chi connectivity index (χ0n) is 13.3. The monoisotopic (exact) mass is 290 g/mol. The van der Waals surface area contributed by atoms with Gasteiger partial charge in [0.25, 0.3) is 0 Å². The highest BCUT2D eigenvalue weighted by molar-refractivity contribution is 5.87. The highest BCUT2D eigenvalue weighted by atomic mass is 16.2. The van der Waals surface area contributed by atoms with Gasteiger partial charge in [-0.3, -0.25) is 9.59 Å². The van der Waals surface area contributed by atoms with Crippen LogP contribution in [0.25, 0.3) is 0 Å². The quantitative estimate of drug-likeness (QED) is 0.799. The van der Waals surface area contributed by atoms with E-state index < -0.39 is 0 Å². The van der Waals surface area contributed by atoms with E-state index in [1.807, 2.05) is 44.2 Å². The van der Waals surface area contributed by atoms with Crippen molar-refractivity contribution >= 4 is 11.8 Å². The van der Waals surface area contributed by atoms with E-state index in [2.05, 4.69) is 5.32 Å². The molecule has 0 spiro atoms. The smallest absolute Gasteiger partial charge is 0.242 e. The third-order valence-corrected chi connectivity index (χ3v) is 3.58. The third kappa shape index (κ3) is 5.21. The first-order chi connectivity index (χ1) is 10.1. The average Bonchev–Trinajstić information content (AvgIpc) is 2.51. The van der Waals surface area contributed by atoms with Gasteiger partial charge in [-0.05, 0) is 24.8 Å². The van der Waals surface area contributed by atoms with Gasteiger partial charge in [0.2, 0.25) is 11.8 Å². The second kappa shape index (κ2) is 9.16. The predicted molar refractivity (Wildman–Crippen MR) is 84.9 cm³/mol. The van der Waals surface area contributed by atoms with Crippen molar-refractivity contribution in [1.29, 1.82) is 0 Å². The molecule has 0 heterocycles. The van der Waals surface area contributed by atoms with Crippen molar-refractivity contribution in [3.63, 3.8) is 0 Å². The van der Waals surface area contributed by atoms with Crippen molar-refractivity contribution in [3.8, 4) is 0 Å². The van der Waals surface area contributed by atoms with E-state index in [9.17, 15) is 9.59 Å². The molecule has 0 bridgehead atoms. The Bertz CT molecular complexity index is 445. The molecular weight excluding hydrogens is 264 g/mol. The highest BCUT2D eigenvalue weighted by Gasteiger charge is 2.26. The Morgan fingerprint density at radius 1 is 1.19 bits per heavy atom. The maximum Gasteiger partial charge on any atom is 0.242 e. The molecule has 1 aromatic rings. The predicted octanol–water partition coefficient (Wildman–Crippen LogP) is 2.38. The summed E-state index contributed by atoms with van der Waals surface area (Å²) in [6, 6.07) is 9.67. The van der Waals surface area contributed by atoms with E-state index in [-0.39, 0.29) is 17.9 Å². The number of hydrogen-bond donors (Lipinski definition) is 1. The van der Waals surface area contributed by atoms with Crippen LogP contribution in [-0.4, -0.2) is 36.3 Å². The molecule has 1 rings (SSSR count). The van der Waals surface area contributed by atoms with E-state index in [0.717, 1.165) is 12.8 Å². The lowest BCUT2D eigenvalue weighted by molar-refractivity contribution is -0.140. The summed E-state index contributed by atoms with van der Waals surface area (Å²) in [5.41, 5.74) is 1.18. The summed E-state index contributed by atoms with van der Waals surface area (Å²) in [6.07, 6.45) is 2.68. The summed E-state index contributed by atoms with van der Waals surface area (Å²) in [4.78, 5) is 26.1. The van der Waals surface area contributed by atoms with Crippen LogP contribution in [0.4, 0.5) is 0 Å². The first-order valence-electron chi connectivity index (χ1n) is 7.69. The van der Waals surface area contributed by atoms with E-state index in [4.69, 9.17) is 0 Å². The van der Waals surface area contributed by atoms with Crippen LogP contribution in [-0.2, 0) is 16.0 Å². The second-order valence-electron chi connectivity index (χ2n) is 5.11. The lowest BCUT2D eigenvalue weighted by Crippen LogP contribution is -2.49. The van der Waals surface area contributed by atoms with Crippen LogP contribution in [0.3, 0.4) is 0 Å². The molecule has 1 atom stereocenters. The van der Waals surface area contributed by atoms with Crippen LogP contribution in [0.15, 0.2) is 30.3 Å². The fourth-order valence-electron chi connectivity index (χ4n) is 2.42. The second-order valence-corrected chi connectivity index (χ2v) is 5.11. The molecule has 116 valence electrons. The Kier molecular flexibility index (Phi) is 7.51. The van der Waals surface area contributed by atoms with Gasteiger partial charge in [0.05, 0.1) is 0 Å². The molecule has 0 aliphatic carbocycles.